The Morgan fingerprint density at radius 3 is 1.97 bits per heavy atom. The highest BCUT2D eigenvalue weighted by atomic mass is 16.7. The number of carbonyl (C=O) groups excluding carboxylic acids is 5. The Morgan fingerprint density at radius 1 is 0.872 bits per heavy atom. The number of non-ortho nitro benzene ring substituents is 1. The molecule has 1 aliphatic heterocycles. The Labute approximate surface area is 221 Å². The number of amides is 1. The lowest BCUT2D eigenvalue weighted by Crippen LogP contribution is -2.63. The normalized spacial score (nSPS) is 22.1. The fraction of sp³-hybridized carbons (Fsp3) is 0.522. The van der Waals surface area contributed by atoms with Gasteiger partial charge in [-0.15, -0.1) is 0 Å². The summed E-state index contributed by atoms with van der Waals surface area (Å²) >= 11 is 0. The first kappa shape index (κ1) is 30.9. The van der Waals surface area contributed by atoms with Crippen LogP contribution in [0.15, 0.2) is 24.3 Å². The molecule has 0 spiro atoms. The van der Waals surface area contributed by atoms with Gasteiger partial charge in [-0.3, -0.25) is 29.3 Å². The molecule has 0 aliphatic carbocycles. The molecule has 0 bridgehead atoms. The molecule has 214 valence electrons. The maximum atomic E-state index is 12.0. The van der Waals surface area contributed by atoms with Crippen LogP contribution in [-0.2, 0) is 47.6 Å². The van der Waals surface area contributed by atoms with Crippen LogP contribution in [0.25, 0.3) is 0 Å². The van der Waals surface area contributed by atoms with Gasteiger partial charge in [-0.1, -0.05) is 0 Å². The lowest BCUT2D eigenvalue weighted by molar-refractivity contribution is -0.384. The predicted octanol–water partition coefficient (Wildman–Crippen LogP) is 0.783. The molecule has 1 saturated heterocycles. The Bertz CT molecular complexity index is 1060. The van der Waals surface area contributed by atoms with Crippen molar-refractivity contribution in [3.05, 3.63) is 34.4 Å². The summed E-state index contributed by atoms with van der Waals surface area (Å²) in [6, 6.07) is 4.81. The summed E-state index contributed by atoms with van der Waals surface area (Å²) in [6.45, 7) is 3.62. The van der Waals surface area contributed by atoms with E-state index in [0.717, 1.165) is 39.8 Å². The maximum Gasteiger partial charge on any atom is 0.412 e. The molecule has 1 N–H and O–H groups in total. The van der Waals surface area contributed by atoms with E-state index < -0.39 is 72.2 Å². The van der Waals surface area contributed by atoms with Crippen LogP contribution < -0.4 is 10.1 Å². The van der Waals surface area contributed by atoms with Crippen LogP contribution in [0.3, 0.4) is 0 Å². The summed E-state index contributed by atoms with van der Waals surface area (Å²) in [4.78, 5) is 68.9. The third kappa shape index (κ3) is 10.2. The lowest BCUT2D eigenvalue weighted by Gasteiger charge is -2.44. The van der Waals surface area contributed by atoms with Crippen LogP contribution >= 0.6 is 0 Å². The summed E-state index contributed by atoms with van der Waals surface area (Å²) in [6.07, 6.45) is -7.61. The van der Waals surface area contributed by atoms with Crippen molar-refractivity contribution in [2.45, 2.75) is 58.4 Å². The lowest BCUT2D eigenvalue weighted by atomic mass is 9.98. The fourth-order valence-electron chi connectivity index (χ4n) is 3.43. The van der Waals surface area contributed by atoms with Crippen molar-refractivity contribution in [2.24, 2.45) is 0 Å². The quantitative estimate of drug-likeness (QED) is 0.131. The second-order valence-corrected chi connectivity index (χ2v) is 8.01. The number of hydrogen-bond acceptors (Lipinski definition) is 14. The summed E-state index contributed by atoms with van der Waals surface area (Å²) in [5, 5.41) is 13.1. The monoisotopic (exact) mass is 556 g/mol. The van der Waals surface area contributed by atoms with Gasteiger partial charge >= 0.3 is 30.0 Å². The SMILES string of the molecule is CC(=O)OC[C@H]1OC(OCCNC(=O)Oc2ccc([N+](=O)[O-])cc2)[C@H](OC(C)=O)[C@@H](OC(C)=O)[C@@H]1OC(C)=O. The van der Waals surface area contributed by atoms with E-state index >= 15 is 0 Å². The van der Waals surface area contributed by atoms with Crippen molar-refractivity contribution >= 4 is 35.7 Å². The third-order valence-corrected chi connectivity index (χ3v) is 4.86. The standard InChI is InChI=1S/C23H28N2O14/c1-12(26)34-11-18-19(35-13(2)27)20(36-14(3)28)21(37-15(4)29)22(39-18)33-10-9-24-23(30)38-17-7-5-16(6-8-17)25(31)32/h5-8,18-22H,9-11H2,1-4H3,(H,24,30)/t18-,19-,20+,21-,22?/m1/s1. The molecule has 1 aliphatic rings. The molecule has 1 amide bonds. The third-order valence-electron chi connectivity index (χ3n) is 4.86. The van der Waals surface area contributed by atoms with E-state index in [0.29, 0.717) is 0 Å². The summed E-state index contributed by atoms with van der Waals surface area (Å²) in [7, 11) is 0. The largest absolute Gasteiger partial charge is 0.463 e. The smallest absolute Gasteiger partial charge is 0.412 e. The van der Waals surface area contributed by atoms with Crippen molar-refractivity contribution in [1.82, 2.24) is 5.32 Å². The molecular weight excluding hydrogens is 528 g/mol. The zero-order chi connectivity index (χ0) is 29.1. The number of esters is 4. The topological polar surface area (TPSA) is 205 Å². The van der Waals surface area contributed by atoms with Crippen molar-refractivity contribution in [2.75, 3.05) is 19.8 Å². The highest BCUT2D eigenvalue weighted by Crippen LogP contribution is 2.30. The van der Waals surface area contributed by atoms with Crippen LogP contribution in [0.4, 0.5) is 10.5 Å². The van der Waals surface area contributed by atoms with E-state index in [1.807, 2.05) is 0 Å². The number of hydrogen-bond donors (Lipinski definition) is 1. The van der Waals surface area contributed by atoms with E-state index in [-0.39, 0.29) is 24.6 Å². The zero-order valence-corrected chi connectivity index (χ0v) is 21.5. The first-order valence-electron chi connectivity index (χ1n) is 11.5. The van der Waals surface area contributed by atoms with Crippen molar-refractivity contribution in [1.29, 1.82) is 0 Å². The maximum absolute atomic E-state index is 12.0. The second kappa shape index (κ2) is 14.6. The minimum absolute atomic E-state index is 0.0543. The zero-order valence-electron chi connectivity index (χ0n) is 21.5. The highest BCUT2D eigenvalue weighted by Gasteiger charge is 2.52. The second-order valence-electron chi connectivity index (χ2n) is 8.01. The molecular formula is C23H28N2O14. The molecule has 1 unspecified atom stereocenters. The van der Waals surface area contributed by atoms with Gasteiger partial charge in [0.25, 0.3) is 5.69 Å². The first-order chi connectivity index (χ1) is 18.4. The highest BCUT2D eigenvalue weighted by molar-refractivity contribution is 5.70. The van der Waals surface area contributed by atoms with Gasteiger partial charge in [0.2, 0.25) is 0 Å². The molecule has 0 radical (unpaired) electrons. The number of ether oxygens (including phenoxy) is 7. The number of nitrogens with one attached hydrogen (secondary N) is 1. The van der Waals surface area contributed by atoms with Crippen molar-refractivity contribution in [3.8, 4) is 5.75 Å². The van der Waals surface area contributed by atoms with E-state index in [2.05, 4.69) is 5.32 Å². The van der Waals surface area contributed by atoms with E-state index in [9.17, 15) is 34.1 Å². The molecule has 5 atom stereocenters. The minimum Gasteiger partial charge on any atom is -0.463 e. The van der Waals surface area contributed by atoms with Crippen LogP contribution in [-0.4, -0.2) is 85.4 Å². The number of benzene rings is 1. The first-order valence-corrected chi connectivity index (χ1v) is 11.5. The molecule has 39 heavy (non-hydrogen) atoms. The van der Waals surface area contributed by atoms with Gasteiger partial charge in [0.15, 0.2) is 24.6 Å². The molecule has 1 aromatic carbocycles. The molecule has 0 aromatic heterocycles. The Kier molecular flexibility index (Phi) is 11.6. The van der Waals surface area contributed by atoms with Crippen LogP contribution in [0, 0.1) is 10.1 Å². The van der Waals surface area contributed by atoms with Crippen molar-refractivity contribution in [3.63, 3.8) is 0 Å². The fourth-order valence-corrected chi connectivity index (χ4v) is 3.43. The van der Waals surface area contributed by atoms with E-state index in [4.69, 9.17) is 33.2 Å². The molecule has 1 aromatic rings. The Balaban J connectivity index is 2.10. The molecule has 2 rings (SSSR count). The van der Waals surface area contributed by atoms with E-state index in [1.165, 1.54) is 12.1 Å². The van der Waals surface area contributed by atoms with Gasteiger partial charge in [0, 0.05) is 46.4 Å². The Hall–Kier alpha value is -4.31. The predicted molar refractivity (Wildman–Crippen MR) is 125 cm³/mol. The molecule has 16 heteroatoms. The van der Waals surface area contributed by atoms with Gasteiger partial charge in [0.05, 0.1) is 11.5 Å². The van der Waals surface area contributed by atoms with Crippen molar-refractivity contribution < 1.29 is 62.1 Å². The summed E-state index contributed by atoms with van der Waals surface area (Å²) in [5.74, 6) is -2.97. The number of nitrogens with zero attached hydrogens (tertiary/aromatic N) is 1. The number of nitro groups is 1. The van der Waals surface area contributed by atoms with Crippen LogP contribution in [0.2, 0.25) is 0 Å². The van der Waals surface area contributed by atoms with Gasteiger partial charge < -0.3 is 38.5 Å². The summed E-state index contributed by atoms with van der Waals surface area (Å²) in [5.41, 5.74) is -0.180. The van der Waals surface area contributed by atoms with Gasteiger partial charge in [0.1, 0.15) is 18.5 Å². The Morgan fingerprint density at radius 2 is 1.44 bits per heavy atom. The average Bonchev–Trinajstić information content (AvgIpc) is 2.83. The molecule has 1 heterocycles. The summed E-state index contributed by atoms with van der Waals surface area (Å²) < 4.78 is 37.2. The molecule has 1 fully saturated rings. The molecule has 0 saturated carbocycles. The molecule has 16 nitrogen and oxygen atoms in total. The number of rotatable bonds is 11. The minimum atomic E-state index is -1.41. The van der Waals surface area contributed by atoms with Gasteiger partial charge in [-0.25, -0.2) is 4.79 Å². The average molecular weight is 556 g/mol. The van der Waals surface area contributed by atoms with Crippen LogP contribution in [0.1, 0.15) is 27.7 Å². The van der Waals surface area contributed by atoms with Gasteiger partial charge in [-0.2, -0.15) is 0 Å². The number of nitro benzene ring substituents is 1. The van der Waals surface area contributed by atoms with Crippen LogP contribution in [0.5, 0.6) is 5.75 Å². The van der Waals surface area contributed by atoms with Gasteiger partial charge in [-0.05, 0) is 12.1 Å². The van der Waals surface area contributed by atoms with E-state index in [1.54, 1.807) is 0 Å². The number of carbonyl (C=O) groups is 5.